The summed E-state index contributed by atoms with van der Waals surface area (Å²) in [6, 6.07) is 52.7. The third-order valence-corrected chi connectivity index (χ3v) is 10.1. The second-order valence-electron chi connectivity index (χ2n) is 13.1. The maximum atomic E-state index is 11.1. The highest BCUT2D eigenvalue weighted by molar-refractivity contribution is 6.25. The van der Waals surface area contributed by atoms with Gasteiger partial charge in [0.2, 0.25) is 0 Å². The third kappa shape index (κ3) is 4.30. The predicted molar refractivity (Wildman–Crippen MR) is 210 cm³/mol. The molecule has 0 aliphatic carbocycles. The van der Waals surface area contributed by atoms with Gasteiger partial charge in [-0.05, 0) is 36.4 Å². The molecule has 11 aromatic rings. The number of furan rings is 2. The van der Waals surface area contributed by atoms with E-state index in [1.165, 1.54) is 0 Å². The number of nitriles is 1. The second-order valence-corrected chi connectivity index (χ2v) is 13.1. The van der Waals surface area contributed by atoms with Gasteiger partial charge in [-0.25, -0.2) is 15.0 Å². The van der Waals surface area contributed by atoms with Gasteiger partial charge < -0.3 is 13.4 Å². The highest BCUT2D eigenvalue weighted by Gasteiger charge is 2.27. The Bertz CT molecular complexity index is 3240. The highest BCUT2D eigenvalue weighted by Crippen LogP contribution is 2.46. The van der Waals surface area contributed by atoms with Crippen LogP contribution in [-0.4, -0.2) is 19.5 Å². The van der Waals surface area contributed by atoms with Gasteiger partial charge in [0.05, 0.1) is 22.0 Å². The molecule has 4 aromatic heterocycles. The summed E-state index contributed by atoms with van der Waals surface area (Å²) in [5.74, 6) is 1.52. The zero-order valence-electron chi connectivity index (χ0n) is 28.0. The van der Waals surface area contributed by atoms with Crippen LogP contribution in [0.5, 0.6) is 0 Å². The minimum Gasteiger partial charge on any atom is -0.456 e. The molecule has 0 unspecified atom stereocenters. The molecule has 0 N–H and O–H groups in total. The van der Waals surface area contributed by atoms with Crippen LogP contribution < -0.4 is 0 Å². The van der Waals surface area contributed by atoms with Crippen LogP contribution in [0.4, 0.5) is 0 Å². The van der Waals surface area contributed by atoms with E-state index in [-0.39, 0.29) is 0 Å². The molecule has 0 saturated carbocycles. The van der Waals surface area contributed by atoms with Crippen LogP contribution in [-0.2, 0) is 0 Å². The van der Waals surface area contributed by atoms with Crippen molar-refractivity contribution in [3.8, 4) is 45.9 Å². The molecule has 0 spiro atoms. The van der Waals surface area contributed by atoms with E-state index in [0.29, 0.717) is 45.5 Å². The Morgan fingerprint density at radius 2 is 1.06 bits per heavy atom. The molecule has 0 atom stereocenters. The first-order chi connectivity index (χ1) is 26.2. The molecular formula is C46H25N5O2. The fourth-order valence-electron chi connectivity index (χ4n) is 7.80. The van der Waals surface area contributed by atoms with E-state index < -0.39 is 0 Å². The Labute approximate surface area is 301 Å². The molecule has 53 heavy (non-hydrogen) atoms. The first-order valence-corrected chi connectivity index (χ1v) is 17.3. The van der Waals surface area contributed by atoms with Gasteiger partial charge in [-0.1, -0.05) is 115 Å². The van der Waals surface area contributed by atoms with Gasteiger partial charge in [0.25, 0.3) is 0 Å². The van der Waals surface area contributed by atoms with Gasteiger partial charge in [-0.15, -0.1) is 0 Å². The van der Waals surface area contributed by atoms with Crippen LogP contribution in [0.15, 0.2) is 160 Å². The molecule has 0 aliphatic rings. The Kier molecular flexibility index (Phi) is 6.18. The quantitative estimate of drug-likeness (QED) is 0.184. The lowest BCUT2D eigenvalue weighted by Gasteiger charge is -2.14. The number of aromatic nitrogens is 4. The van der Waals surface area contributed by atoms with Gasteiger partial charge >= 0.3 is 0 Å². The summed E-state index contributed by atoms with van der Waals surface area (Å²) in [7, 11) is 0. The van der Waals surface area contributed by atoms with Crippen LogP contribution in [0.25, 0.3) is 106 Å². The van der Waals surface area contributed by atoms with Gasteiger partial charge in [0, 0.05) is 43.6 Å². The molecule has 7 aromatic carbocycles. The molecule has 11 rings (SSSR count). The summed E-state index contributed by atoms with van der Waals surface area (Å²) in [5, 5.41) is 16.9. The van der Waals surface area contributed by atoms with Crippen LogP contribution in [0.1, 0.15) is 5.56 Å². The lowest BCUT2D eigenvalue weighted by Crippen LogP contribution is -2.03. The standard InChI is InChI=1S/C46H25N5O2/c47-26-29-25-34(46-49-44(27-13-3-1-4-14-27)48-45(50-46)28-15-5-2-6-16-28)39-32-18-8-12-22-37(32)53-43(39)41(29)51-35-20-10-7-17-30(35)31-23-24-38-40(42(31)51)33-19-9-11-21-36(33)52-38/h1-25H. The van der Waals surface area contributed by atoms with E-state index in [4.69, 9.17) is 23.8 Å². The summed E-state index contributed by atoms with van der Waals surface area (Å²) in [5.41, 5.74) is 8.19. The van der Waals surface area contributed by atoms with E-state index in [2.05, 4.69) is 34.9 Å². The number of benzene rings is 7. The molecule has 7 nitrogen and oxygen atoms in total. The SMILES string of the molecule is N#Cc1cc(-c2nc(-c3ccccc3)nc(-c3ccccc3)n2)c2c(oc3ccccc32)c1-n1c2ccccc2c2ccc3oc4ccccc4c3c21. The number of hydrogen-bond donors (Lipinski definition) is 0. The maximum absolute atomic E-state index is 11.1. The lowest BCUT2D eigenvalue weighted by atomic mass is 10.00. The molecule has 7 heteroatoms. The van der Waals surface area contributed by atoms with Gasteiger partial charge in [-0.2, -0.15) is 5.26 Å². The number of hydrogen-bond acceptors (Lipinski definition) is 6. The van der Waals surface area contributed by atoms with Crippen LogP contribution in [0.3, 0.4) is 0 Å². The third-order valence-electron chi connectivity index (χ3n) is 10.1. The van der Waals surface area contributed by atoms with Crippen molar-refractivity contribution in [3.05, 3.63) is 157 Å². The average Bonchev–Trinajstić information content (AvgIpc) is 3.90. The first kappa shape index (κ1) is 29.2. The zero-order chi connectivity index (χ0) is 35.0. The van der Waals surface area contributed by atoms with Crippen molar-refractivity contribution in [1.82, 2.24) is 19.5 Å². The van der Waals surface area contributed by atoms with E-state index in [9.17, 15) is 5.26 Å². The van der Waals surface area contributed by atoms with Gasteiger partial charge in [-0.3, -0.25) is 0 Å². The topological polar surface area (TPSA) is 93.7 Å². The molecule has 0 fully saturated rings. The van der Waals surface area contributed by atoms with Gasteiger partial charge in [0.1, 0.15) is 28.5 Å². The number of para-hydroxylation sites is 3. The molecule has 0 bridgehead atoms. The van der Waals surface area contributed by atoms with Crippen molar-refractivity contribution in [2.75, 3.05) is 0 Å². The van der Waals surface area contributed by atoms with E-state index in [1.807, 2.05) is 127 Å². The van der Waals surface area contributed by atoms with Crippen molar-refractivity contribution < 1.29 is 8.83 Å². The number of nitrogens with zero attached hydrogens (tertiary/aromatic N) is 5. The summed E-state index contributed by atoms with van der Waals surface area (Å²) in [6.45, 7) is 0. The Balaban J connectivity index is 1.30. The Morgan fingerprint density at radius 3 is 1.74 bits per heavy atom. The van der Waals surface area contributed by atoms with Crippen LogP contribution >= 0.6 is 0 Å². The monoisotopic (exact) mass is 679 g/mol. The van der Waals surface area contributed by atoms with Crippen molar-refractivity contribution in [2.45, 2.75) is 0 Å². The summed E-state index contributed by atoms with van der Waals surface area (Å²) < 4.78 is 15.4. The Hall–Kier alpha value is -7.56. The van der Waals surface area contributed by atoms with Crippen LogP contribution in [0.2, 0.25) is 0 Å². The normalized spacial score (nSPS) is 11.8. The van der Waals surface area contributed by atoms with Crippen molar-refractivity contribution in [1.29, 1.82) is 5.26 Å². The van der Waals surface area contributed by atoms with E-state index in [1.54, 1.807) is 0 Å². The van der Waals surface area contributed by atoms with Crippen molar-refractivity contribution >= 4 is 65.7 Å². The zero-order valence-corrected chi connectivity index (χ0v) is 28.0. The first-order valence-electron chi connectivity index (χ1n) is 17.3. The molecule has 4 heterocycles. The highest BCUT2D eigenvalue weighted by atomic mass is 16.3. The van der Waals surface area contributed by atoms with Crippen molar-refractivity contribution in [3.63, 3.8) is 0 Å². The van der Waals surface area contributed by atoms with Crippen LogP contribution in [0, 0.1) is 11.3 Å². The maximum Gasteiger partial charge on any atom is 0.164 e. The van der Waals surface area contributed by atoms with Gasteiger partial charge in [0.15, 0.2) is 23.1 Å². The summed E-state index contributed by atoms with van der Waals surface area (Å²) in [4.78, 5) is 15.1. The minimum atomic E-state index is 0.418. The number of rotatable bonds is 4. The largest absolute Gasteiger partial charge is 0.456 e. The fraction of sp³-hybridized carbons (Fsp3) is 0. The molecule has 0 amide bonds. The average molecular weight is 680 g/mol. The van der Waals surface area contributed by atoms with Crippen molar-refractivity contribution in [2.24, 2.45) is 0 Å². The molecule has 0 radical (unpaired) electrons. The van der Waals surface area contributed by atoms with E-state index in [0.717, 1.165) is 65.6 Å². The number of fused-ring (bicyclic) bond motifs is 10. The summed E-state index contributed by atoms with van der Waals surface area (Å²) in [6.07, 6.45) is 0. The smallest absolute Gasteiger partial charge is 0.164 e. The summed E-state index contributed by atoms with van der Waals surface area (Å²) >= 11 is 0. The lowest BCUT2D eigenvalue weighted by molar-refractivity contribution is 0.666. The fourth-order valence-corrected chi connectivity index (χ4v) is 7.80. The minimum absolute atomic E-state index is 0.418. The molecule has 246 valence electrons. The van der Waals surface area contributed by atoms with E-state index >= 15 is 0 Å². The molecule has 0 aliphatic heterocycles. The predicted octanol–water partition coefficient (Wildman–Crippen LogP) is 11.6. The second kappa shape index (κ2) is 11.2. The molecule has 0 saturated heterocycles. The molecular weight excluding hydrogens is 655 g/mol. The Morgan fingerprint density at radius 1 is 0.491 bits per heavy atom.